The summed E-state index contributed by atoms with van der Waals surface area (Å²) in [5.74, 6) is 0. The van der Waals surface area contributed by atoms with Gasteiger partial charge in [-0.3, -0.25) is 0 Å². The Morgan fingerprint density at radius 1 is 0.533 bits per heavy atom. The Morgan fingerprint density at radius 3 is 1.96 bits per heavy atom. The first-order chi connectivity index (χ1) is 22.3. The Labute approximate surface area is 264 Å². The van der Waals surface area contributed by atoms with Gasteiger partial charge in [-0.25, -0.2) is 0 Å². The summed E-state index contributed by atoms with van der Waals surface area (Å²) in [5.41, 5.74) is 11.6. The lowest BCUT2D eigenvalue weighted by Crippen LogP contribution is -2.32. The highest BCUT2D eigenvalue weighted by Crippen LogP contribution is 2.62. The molecule has 0 saturated carbocycles. The van der Waals surface area contributed by atoms with Crippen LogP contribution < -0.4 is 0 Å². The van der Waals surface area contributed by atoms with Gasteiger partial charge in [-0.15, -0.1) is 0 Å². The molecule has 1 aromatic heterocycles. The molecule has 2 heterocycles. The van der Waals surface area contributed by atoms with Gasteiger partial charge in [-0.1, -0.05) is 115 Å². The van der Waals surface area contributed by atoms with E-state index in [-0.39, 0.29) is 0 Å². The largest absolute Gasteiger partial charge is 0.309 e. The number of benzene rings is 7. The molecule has 0 bridgehead atoms. The molecule has 0 atom stereocenters. The third kappa shape index (κ3) is 3.14. The summed E-state index contributed by atoms with van der Waals surface area (Å²) in [7, 11) is 0. The second kappa shape index (κ2) is 8.99. The van der Waals surface area contributed by atoms with Crippen LogP contribution in [0.1, 0.15) is 27.8 Å². The van der Waals surface area contributed by atoms with Crippen LogP contribution in [0, 0.1) is 11.3 Å². The van der Waals surface area contributed by atoms with Crippen molar-refractivity contribution >= 4 is 44.3 Å². The second-order valence-electron chi connectivity index (χ2n) is 12.0. The second-order valence-corrected chi connectivity index (χ2v) is 13.1. The summed E-state index contributed by atoms with van der Waals surface area (Å²) in [6.45, 7) is 0. The molecule has 0 N–H and O–H groups in total. The molecule has 7 aromatic carbocycles. The van der Waals surface area contributed by atoms with Crippen molar-refractivity contribution in [1.29, 1.82) is 5.26 Å². The molecule has 8 aromatic rings. The van der Waals surface area contributed by atoms with E-state index in [2.05, 4.69) is 144 Å². The third-order valence-electron chi connectivity index (χ3n) is 9.88. The van der Waals surface area contributed by atoms with Crippen LogP contribution in [0.15, 0.2) is 155 Å². The smallest absolute Gasteiger partial charge is 0.0991 e. The van der Waals surface area contributed by atoms with E-state index in [0.717, 1.165) is 5.69 Å². The maximum absolute atomic E-state index is 9.58. The molecule has 2 nitrogen and oxygen atoms in total. The molecule has 1 spiro atoms. The van der Waals surface area contributed by atoms with Crippen molar-refractivity contribution < 1.29 is 0 Å². The summed E-state index contributed by atoms with van der Waals surface area (Å²) < 4.78 is 2.42. The van der Waals surface area contributed by atoms with Crippen molar-refractivity contribution in [2.24, 2.45) is 0 Å². The van der Waals surface area contributed by atoms with Crippen LogP contribution in [0.25, 0.3) is 49.4 Å². The van der Waals surface area contributed by atoms with Crippen LogP contribution in [-0.4, -0.2) is 4.57 Å². The average molecular weight is 589 g/mol. The number of aromatic nitrogens is 1. The highest BCUT2D eigenvalue weighted by Gasteiger charge is 2.50. The Balaban J connectivity index is 1.41. The van der Waals surface area contributed by atoms with Gasteiger partial charge in [-0.2, -0.15) is 5.26 Å². The van der Waals surface area contributed by atoms with E-state index in [0.29, 0.717) is 5.56 Å². The van der Waals surface area contributed by atoms with Crippen LogP contribution in [0.5, 0.6) is 0 Å². The monoisotopic (exact) mass is 588 g/mol. The quantitative estimate of drug-likeness (QED) is 0.191. The normalized spacial score (nSPS) is 13.8. The average Bonchev–Trinajstić information content (AvgIpc) is 3.58. The number of hydrogen-bond donors (Lipinski definition) is 0. The summed E-state index contributed by atoms with van der Waals surface area (Å²) >= 11 is 1.88. The summed E-state index contributed by atoms with van der Waals surface area (Å²) in [6.07, 6.45) is 0. The Morgan fingerprint density at radius 2 is 1.20 bits per heavy atom. The SMILES string of the molecule is N#Cc1ccc(-n2c3cc4c(cc3c3ccc5ccccc5c32)Sc2ccccc2C42c3ccccc3-c3ccccc32)cc1. The van der Waals surface area contributed by atoms with Crippen LogP contribution in [0.3, 0.4) is 0 Å². The molecule has 0 radical (unpaired) electrons. The number of rotatable bonds is 1. The van der Waals surface area contributed by atoms with Gasteiger partial charge in [0.05, 0.1) is 28.1 Å². The van der Waals surface area contributed by atoms with Crippen LogP contribution >= 0.6 is 11.8 Å². The van der Waals surface area contributed by atoms with E-state index in [9.17, 15) is 5.26 Å². The molecule has 2 aliphatic rings. The van der Waals surface area contributed by atoms with E-state index < -0.39 is 5.41 Å². The lowest BCUT2D eigenvalue weighted by atomic mass is 9.67. The molecule has 1 aliphatic carbocycles. The molecular weight excluding hydrogens is 565 g/mol. The predicted octanol–water partition coefficient (Wildman–Crippen LogP) is 10.6. The van der Waals surface area contributed by atoms with Crippen molar-refractivity contribution in [3.05, 3.63) is 173 Å². The molecule has 0 saturated heterocycles. The van der Waals surface area contributed by atoms with Crippen LogP contribution in [0.2, 0.25) is 0 Å². The predicted molar refractivity (Wildman–Crippen MR) is 184 cm³/mol. The minimum atomic E-state index is -0.438. The van der Waals surface area contributed by atoms with Gasteiger partial charge in [0.25, 0.3) is 0 Å². The molecule has 10 rings (SSSR count). The fourth-order valence-corrected chi connectivity index (χ4v) is 9.29. The van der Waals surface area contributed by atoms with Crippen LogP contribution in [0.4, 0.5) is 0 Å². The third-order valence-corrected chi connectivity index (χ3v) is 11.0. The zero-order valence-electron chi connectivity index (χ0n) is 24.2. The van der Waals surface area contributed by atoms with E-state index in [1.807, 2.05) is 23.9 Å². The fraction of sp³-hybridized carbons (Fsp3) is 0.0238. The number of fused-ring (bicyclic) bond motifs is 14. The lowest BCUT2D eigenvalue weighted by molar-refractivity contribution is 0.724. The van der Waals surface area contributed by atoms with Crippen molar-refractivity contribution in [2.75, 3.05) is 0 Å². The number of nitrogens with zero attached hydrogens (tertiary/aromatic N) is 2. The molecule has 3 heteroatoms. The maximum Gasteiger partial charge on any atom is 0.0991 e. The van der Waals surface area contributed by atoms with Gasteiger partial charge in [-0.05, 0) is 81.2 Å². The minimum Gasteiger partial charge on any atom is -0.309 e. The minimum absolute atomic E-state index is 0.438. The van der Waals surface area contributed by atoms with E-state index in [1.54, 1.807) is 0 Å². The molecule has 1 aliphatic heterocycles. The van der Waals surface area contributed by atoms with Gasteiger partial charge < -0.3 is 4.57 Å². The molecule has 0 fully saturated rings. The first kappa shape index (κ1) is 24.8. The zero-order valence-corrected chi connectivity index (χ0v) is 25.0. The van der Waals surface area contributed by atoms with E-state index in [1.165, 1.54) is 75.7 Å². The van der Waals surface area contributed by atoms with Gasteiger partial charge in [0, 0.05) is 31.6 Å². The summed E-state index contributed by atoms with van der Waals surface area (Å²) in [5, 5.41) is 14.5. The van der Waals surface area contributed by atoms with Gasteiger partial charge in [0.15, 0.2) is 0 Å². The van der Waals surface area contributed by atoms with Crippen molar-refractivity contribution in [3.8, 4) is 22.9 Å². The van der Waals surface area contributed by atoms with Gasteiger partial charge in [0.1, 0.15) is 0 Å². The number of hydrogen-bond acceptors (Lipinski definition) is 2. The fourth-order valence-electron chi connectivity index (χ4n) is 8.08. The van der Waals surface area contributed by atoms with Crippen molar-refractivity contribution in [2.45, 2.75) is 15.2 Å². The van der Waals surface area contributed by atoms with E-state index >= 15 is 0 Å². The first-order valence-electron chi connectivity index (χ1n) is 15.2. The summed E-state index contributed by atoms with van der Waals surface area (Å²) in [4.78, 5) is 2.59. The molecular formula is C42H24N2S. The Hall–Kier alpha value is -5.56. The Kier molecular flexibility index (Phi) is 4.96. The first-order valence-corrected chi connectivity index (χ1v) is 16.1. The van der Waals surface area contributed by atoms with Gasteiger partial charge in [0.2, 0.25) is 0 Å². The lowest BCUT2D eigenvalue weighted by Gasteiger charge is -2.39. The Bertz CT molecular complexity index is 2540. The topological polar surface area (TPSA) is 28.7 Å². The number of nitriles is 1. The van der Waals surface area contributed by atoms with E-state index in [4.69, 9.17) is 0 Å². The zero-order chi connectivity index (χ0) is 29.7. The molecule has 45 heavy (non-hydrogen) atoms. The molecule has 208 valence electrons. The van der Waals surface area contributed by atoms with Gasteiger partial charge >= 0.3 is 0 Å². The molecule has 0 amide bonds. The van der Waals surface area contributed by atoms with Crippen molar-refractivity contribution in [1.82, 2.24) is 4.57 Å². The highest BCUT2D eigenvalue weighted by molar-refractivity contribution is 7.99. The molecule has 0 unspecified atom stereocenters. The van der Waals surface area contributed by atoms with Crippen molar-refractivity contribution in [3.63, 3.8) is 0 Å². The maximum atomic E-state index is 9.58. The standard InChI is InChI=1S/C42H24N2S/c43-25-26-17-20-28(21-18-26)44-38-24-37-40(23-33(38)32-22-19-27-9-1-2-10-29(27)41(32)44)45-39-16-8-7-15-36(39)42(37)34-13-5-3-11-30(34)31-12-4-6-14-35(31)42/h1-24H. The highest BCUT2D eigenvalue weighted by atomic mass is 32.2. The van der Waals surface area contributed by atoms with Crippen LogP contribution in [-0.2, 0) is 5.41 Å². The summed E-state index contributed by atoms with van der Waals surface area (Å²) in [6, 6.07) is 55.3.